The molecule has 0 amide bonds. The summed E-state index contributed by atoms with van der Waals surface area (Å²) in [7, 11) is 4.11. The van der Waals surface area contributed by atoms with Crippen molar-refractivity contribution in [1.82, 2.24) is 14.9 Å². The predicted octanol–water partition coefficient (Wildman–Crippen LogP) is 3.73. The minimum absolute atomic E-state index is 0.663. The zero-order chi connectivity index (χ0) is 16.8. The summed E-state index contributed by atoms with van der Waals surface area (Å²) in [5.74, 6) is 1.43. The maximum atomic E-state index is 5.66. The number of hydrogen-bond acceptors (Lipinski definition) is 5. The van der Waals surface area contributed by atoms with Gasteiger partial charge >= 0.3 is 0 Å². The summed E-state index contributed by atoms with van der Waals surface area (Å²) in [6, 6.07) is 12.1. The van der Waals surface area contributed by atoms with Gasteiger partial charge in [-0.3, -0.25) is 0 Å². The van der Waals surface area contributed by atoms with Crippen LogP contribution < -0.4 is 4.74 Å². The Balaban J connectivity index is 1.61. The van der Waals surface area contributed by atoms with E-state index in [1.54, 1.807) is 6.20 Å². The fourth-order valence-corrected chi connectivity index (χ4v) is 2.38. The van der Waals surface area contributed by atoms with Crippen molar-refractivity contribution in [2.75, 3.05) is 27.2 Å². The van der Waals surface area contributed by atoms with Gasteiger partial charge in [0.1, 0.15) is 0 Å². The van der Waals surface area contributed by atoms with Crippen LogP contribution in [0.15, 0.2) is 59.6 Å². The number of aromatic nitrogens is 2. The van der Waals surface area contributed by atoms with Gasteiger partial charge in [-0.1, -0.05) is 24.3 Å². The molecule has 0 saturated heterocycles. The standard InChI is InChI=1S/C19H21N3O2/c1-22(2)10-3-11-23-19-9-8-17(12-21-19)15-4-6-16(7-5-15)18-13-20-14-24-18/h4-9,12-14H,3,10-11H2,1-2H3. The summed E-state index contributed by atoms with van der Waals surface area (Å²) in [5, 5.41) is 0. The summed E-state index contributed by atoms with van der Waals surface area (Å²) in [6.07, 6.45) is 5.97. The Morgan fingerprint density at radius 3 is 2.33 bits per heavy atom. The molecule has 0 atom stereocenters. The van der Waals surface area contributed by atoms with Crippen molar-refractivity contribution in [3.8, 4) is 28.3 Å². The van der Waals surface area contributed by atoms with Crippen LogP contribution in [0.25, 0.3) is 22.5 Å². The lowest BCUT2D eigenvalue weighted by atomic mass is 10.1. The van der Waals surface area contributed by atoms with Crippen LogP contribution in [0.4, 0.5) is 0 Å². The second-order valence-electron chi connectivity index (χ2n) is 5.83. The zero-order valence-electron chi connectivity index (χ0n) is 14.0. The summed E-state index contributed by atoms with van der Waals surface area (Å²) in [4.78, 5) is 10.5. The highest BCUT2D eigenvalue weighted by Gasteiger charge is 2.04. The van der Waals surface area contributed by atoms with Gasteiger partial charge in [-0.2, -0.15) is 0 Å². The van der Waals surface area contributed by atoms with Crippen LogP contribution in [0.1, 0.15) is 6.42 Å². The van der Waals surface area contributed by atoms with E-state index >= 15 is 0 Å². The molecule has 2 aromatic heterocycles. The first-order valence-corrected chi connectivity index (χ1v) is 7.95. The van der Waals surface area contributed by atoms with Gasteiger partial charge in [-0.15, -0.1) is 0 Å². The summed E-state index contributed by atoms with van der Waals surface area (Å²) < 4.78 is 11.0. The molecule has 5 heteroatoms. The van der Waals surface area contributed by atoms with Crippen molar-refractivity contribution in [2.24, 2.45) is 0 Å². The maximum Gasteiger partial charge on any atom is 0.213 e. The Kier molecular flexibility index (Phi) is 5.23. The fraction of sp³-hybridized carbons (Fsp3) is 0.263. The molecule has 3 aromatic rings. The molecule has 0 saturated carbocycles. The Morgan fingerprint density at radius 2 is 1.71 bits per heavy atom. The molecule has 5 nitrogen and oxygen atoms in total. The highest BCUT2D eigenvalue weighted by molar-refractivity contribution is 5.67. The monoisotopic (exact) mass is 323 g/mol. The van der Waals surface area contributed by atoms with Crippen LogP contribution >= 0.6 is 0 Å². The summed E-state index contributed by atoms with van der Waals surface area (Å²) in [6.45, 7) is 1.69. The van der Waals surface area contributed by atoms with E-state index in [2.05, 4.69) is 29.0 Å². The molecule has 3 rings (SSSR count). The average Bonchev–Trinajstić information content (AvgIpc) is 3.14. The number of benzene rings is 1. The number of pyridine rings is 1. The van der Waals surface area contributed by atoms with Gasteiger partial charge in [0.15, 0.2) is 12.2 Å². The second-order valence-corrected chi connectivity index (χ2v) is 5.83. The normalized spacial score (nSPS) is 11.0. The van der Waals surface area contributed by atoms with Gasteiger partial charge in [0, 0.05) is 29.9 Å². The van der Waals surface area contributed by atoms with Crippen molar-refractivity contribution in [2.45, 2.75) is 6.42 Å². The van der Waals surface area contributed by atoms with E-state index < -0.39 is 0 Å². The first kappa shape index (κ1) is 16.2. The topological polar surface area (TPSA) is 51.4 Å². The Hall–Kier alpha value is -2.66. The van der Waals surface area contributed by atoms with Crippen molar-refractivity contribution in [1.29, 1.82) is 0 Å². The van der Waals surface area contributed by atoms with Gasteiger partial charge in [0.25, 0.3) is 0 Å². The number of ether oxygens (including phenoxy) is 1. The third-order valence-corrected chi connectivity index (χ3v) is 3.67. The lowest BCUT2D eigenvalue weighted by Crippen LogP contribution is -2.15. The fourth-order valence-electron chi connectivity index (χ4n) is 2.38. The zero-order valence-corrected chi connectivity index (χ0v) is 14.0. The molecule has 0 fully saturated rings. The lowest BCUT2D eigenvalue weighted by Gasteiger charge is -2.10. The van der Waals surface area contributed by atoms with Crippen LogP contribution in [-0.2, 0) is 0 Å². The molecule has 0 spiro atoms. The smallest absolute Gasteiger partial charge is 0.213 e. The van der Waals surface area contributed by atoms with Gasteiger partial charge in [0.05, 0.1) is 12.8 Å². The molecule has 0 unspecified atom stereocenters. The third kappa shape index (κ3) is 4.20. The maximum absolute atomic E-state index is 5.66. The molecule has 0 aliphatic rings. The van der Waals surface area contributed by atoms with Crippen LogP contribution in [0.2, 0.25) is 0 Å². The molecule has 0 N–H and O–H groups in total. The quantitative estimate of drug-likeness (QED) is 0.620. The molecule has 0 aliphatic carbocycles. The van der Waals surface area contributed by atoms with E-state index in [-0.39, 0.29) is 0 Å². The van der Waals surface area contributed by atoms with Gasteiger partial charge in [-0.25, -0.2) is 9.97 Å². The van der Waals surface area contributed by atoms with Crippen molar-refractivity contribution in [3.63, 3.8) is 0 Å². The molecule has 24 heavy (non-hydrogen) atoms. The minimum Gasteiger partial charge on any atom is -0.478 e. The molecule has 2 heterocycles. The Morgan fingerprint density at radius 1 is 0.958 bits per heavy atom. The second kappa shape index (κ2) is 7.75. The number of hydrogen-bond donors (Lipinski definition) is 0. The number of oxazole rings is 1. The van der Waals surface area contributed by atoms with E-state index in [0.29, 0.717) is 12.5 Å². The van der Waals surface area contributed by atoms with Crippen molar-refractivity contribution >= 4 is 0 Å². The highest BCUT2D eigenvalue weighted by Crippen LogP contribution is 2.25. The third-order valence-electron chi connectivity index (χ3n) is 3.67. The van der Waals surface area contributed by atoms with E-state index in [0.717, 1.165) is 35.4 Å². The molecule has 0 aliphatic heterocycles. The largest absolute Gasteiger partial charge is 0.478 e. The minimum atomic E-state index is 0.663. The van der Waals surface area contributed by atoms with Crippen molar-refractivity contribution < 1.29 is 9.15 Å². The molecule has 124 valence electrons. The predicted molar refractivity (Wildman–Crippen MR) is 93.8 cm³/mol. The Labute approximate surface area is 141 Å². The molecule has 0 bridgehead atoms. The van der Waals surface area contributed by atoms with E-state index in [9.17, 15) is 0 Å². The van der Waals surface area contributed by atoms with E-state index in [1.165, 1.54) is 6.39 Å². The molecule has 1 aromatic carbocycles. The first-order valence-electron chi connectivity index (χ1n) is 7.95. The SMILES string of the molecule is CN(C)CCCOc1ccc(-c2ccc(-c3cnco3)cc2)cn1. The Bertz CT molecular complexity index is 735. The summed E-state index contributed by atoms with van der Waals surface area (Å²) >= 11 is 0. The summed E-state index contributed by atoms with van der Waals surface area (Å²) in [5.41, 5.74) is 3.16. The van der Waals surface area contributed by atoms with Crippen LogP contribution in [0, 0.1) is 0 Å². The van der Waals surface area contributed by atoms with E-state index in [1.807, 2.05) is 42.6 Å². The van der Waals surface area contributed by atoms with Crippen LogP contribution in [-0.4, -0.2) is 42.1 Å². The molecular weight excluding hydrogens is 302 g/mol. The highest BCUT2D eigenvalue weighted by atomic mass is 16.5. The molecule has 0 radical (unpaired) electrons. The van der Waals surface area contributed by atoms with Gasteiger partial charge in [0.2, 0.25) is 5.88 Å². The number of rotatable bonds is 7. The lowest BCUT2D eigenvalue weighted by molar-refractivity contribution is 0.273. The van der Waals surface area contributed by atoms with Crippen LogP contribution in [0.3, 0.4) is 0 Å². The van der Waals surface area contributed by atoms with Crippen molar-refractivity contribution in [3.05, 3.63) is 55.2 Å². The number of nitrogens with zero attached hydrogens (tertiary/aromatic N) is 3. The van der Waals surface area contributed by atoms with E-state index in [4.69, 9.17) is 9.15 Å². The van der Waals surface area contributed by atoms with Gasteiger partial charge < -0.3 is 14.1 Å². The average molecular weight is 323 g/mol. The molecular formula is C19H21N3O2. The first-order chi connectivity index (χ1) is 11.7. The van der Waals surface area contributed by atoms with Crippen LogP contribution in [0.5, 0.6) is 5.88 Å². The van der Waals surface area contributed by atoms with Gasteiger partial charge in [-0.05, 0) is 32.1 Å².